The molecule has 4 atom stereocenters. The largest absolute Gasteiger partial charge is 0.442 e. The summed E-state index contributed by atoms with van der Waals surface area (Å²) >= 11 is 0. The zero-order chi connectivity index (χ0) is 19.2. The monoisotopic (exact) mass is 383 g/mol. The van der Waals surface area contributed by atoms with Gasteiger partial charge in [-0.25, -0.2) is 13.6 Å². The molecule has 27 heavy (non-hydrogen) atoms. The van der Waals surface area contributed by atoms with E-state index in [4.69, 9.17) is 4.74 Å². The Morgan fingerprint density at radius 2 is 2.07 bits per heavy atom. The molecule has 0 aromatic heterocycles. The first-order chi connectivity index (χ1) is 13.0. The number of rotatable bonds is 7. The van der Waals surface area contributed by atoms with E-state index >= 15 is 0 Å². The van der Waals surface area contributed by atoms with Crippen molar-refractivity contribution in [1.82, 2.24) is 16.0 Å². The van der Waals surface area contributed by atoms with Gasteiger partial charge in [0.15, 0.2) is 0 Å². The van der Waals surface area contributed by atoms with E-state index in [1.165, 1.54) is 12.1 Å². The minimum Gasteiger partial charge on any atom is -0.442 e. The van der Waals surface area contributed by atoms with Crippen molar-refractivity contribution in [2.45, 2.75) is 56.4 Å². The summed E-state index contributed by atoms with van der Waals surface area (Å²) in [5, 5.41) is 19.4. The third kappa shape index (κ3) is 5.60. The number of amides is 1. The maximum Gasteiger partial charge on any atom is 0.407 e. The Morgan fingerprint density at radius 1 is 1.30 bits per heavy atom. The molecule has 150 valence electrons. The summed E-state index contributed by atoms with van der Waals surface area (Å²) in [5.41, 5.74) is 0.814. The summed E-state index contributed by atoms with van der Waals surface area (Å²) in [5.74, 6) is 0. The van der Waals surface area contributed by atoms with Crippen molar-refractivity contribution in [3.8, 4) is 0 Å². The van der Waals surface area contributed by atoms with Gasteiger partial charge in [0, 0.05) is 24.7 Å². The third-order valence-corrected chi connectivity index (χ3v) is 5.22. The summed E-state index contributed by atoms with van der Waals surface area (Å²) < 4.78 is 30.7. The zero-order valence-electron chi connectivity index (χ0n) is 15.2. The first-order valence-corrected chi connectivity index (χ1v) is 9.49. The SMILES string of the molecule is O=C(NCC[C@@H]1CCCN1)O[C@@H]1[C@@H](O)CN[C@@H]1Cc1ccc(C(F)F)cc1. The van der Waals surface area contributed by atoms with Gasteiger partial charge >= 0.3 is 6.09 Å². The van der Waals surface area contributed by atoms with E-state index in [0.717, 1.165) is 31.4 Å². The first-order valence-electron chi connectivity index (χ1n) is 9.49. The lowest BCUT2D eigenvalue weighted by Crippen LogP contribution is -2.42. The fourth-order valence-electron chi connectivity index (χ4n) is 3.69. The van der Waals surface area contributed by atoms with Crippen LogP contribution in [0.1, 0.15) is 36.8 Å². The number of halogens is 2. The van der Waals surface area contributed by atoms with Crippen LogP contribution in [0.15, 0.2) is 24.3 Å². The predicted molar refractivity (Wildman–Crippen MR) is 96.8 cm³/mol. The first kappa shape index (κ1) is 20.0. The van der Waals surface area contributed by atoms with Crippen LogP contribution in [0.4, 0.5) is 13.6 Å². The Morgan fingerprint density at radius 3 is 2.74 bits per heavy atom. The number of hydrogen-bond acceptors (Lipinski definition) is 5. The van der Waals surface area contributed by atoms with Crippen LogP contribution in [0.25, 0.3) is 0 Å². The molecule has 0 aliphatic carbocycles. The highest BCUT2D eigenvalue weighted by molar-refractivity contribution is 5.67. The molecule has 3 rings (SSSR count). The van der Waals surface area contributed by atoms with E-state index in [9.17, 15) is 18.7 Å². The molecule has 1 aromatic rings. The number of aliphatic hydroxyl groups is 1. The molecule has 0 spiro atoms. The topological polar surface area (TPSA) is 82.6 Å². The summed E-state index contributed by atoms with van der Waals surface area (Å²) in [4.78, 5) is 12.1. The summed E-state index contributed by atoms with van der Waals surface area (Å²) in [6.45, 7) is 1.87. The van der Waals surface area contributed by atoms with Gasteiger partial charge in [-0.05, 0) is 37.8 Å². The normalized spacial score (nSPS) is 27.9. The molecule has 0 radical (unpaired) electrons. The quantitative estimate of drug-likeness (QED) is 0.577. The summed E-state index contributed by atoms with van der Waals surface area (Å²) in [6.07, 6.45) is -0.903. The number of ether oxygens (including phenoxy) is 1. The summed E-state index contributed by atoms with van der Waals surface area (Å²) in [6, 6.07) is 6.24. The number of nitrogens with one attached hydrogen (secondary N) is 3. The second kappa shape index (κ2) is 9.43. The van der Waals surface area contributed by atoms with Crippen LogP contribution in [-0.4, -0.2) is 55.1 Å². The lowest BCUT2D eigenvalue weighted by Gasteiger charge is -2.22. The van der Waals surface area contributed by atoms with Crippen LogP contribution in [0.2, 0.25) is 0 Å². The lowest BCUT2D eigenvalue weighted by molar-refractivity contribution is 0.0189. The fourth-order valence-corrected chi connectivity index (χ4v) is 3.69. The fraction of sp³-hybridized carbons (Fsp3) is 0.632. The van der Waals surface area contributed by atoms with Crippen LogP contribution in [0.5, 0.6) is 0 Å². The summed E-state index contributed by atoms with van der Waals surface area (Å²) in [7, 11) is 0. The van der Waals surface area contributed by atoms with Crippen LogP contribution in [-0.2, 0) is 11.2 Å². The van der Waals surface area contributed by atoms with Crippen molar-refractivity contribution in [1.29, 1.82) is 0 Å². The zero-order valence-corrected chi connectivity index (χ0v) is 15.2. The van der Waals surface area contributed by atoms with E-state index in [2.05, 4.69) is 16.0 Å². The molecule has 2 heterocycles. The minimum absolute atomic E-state index is 0.0258. The van der Waals surface area contributed by atoms with Gasteiger partial charge in [-0.2, -0.15) is 0 Å². The standard InChI is InChI=1S/C19H27F2N3O3/c20-18(21)13-5-3-12(4-6-13)10-15-17(16(25)11-24-15)27-19(26)23-9-7-14-2-1-8-22-14/h3-6,14-18,22,24-25H,1-2,7-11H2,(H,23,26)/t14-,15+,16-,17-/m0/s1. The second-order valence-electron chi connectivity index (χ2n) is 7.21. The highest BCUT2D eigenvalue weighted by Gasteiger charge is 2.37. The van der Waals surface area contributed by atoms with Crippen LogP contribution < -0.4 is 16.0 Å². The number of aliphatic hydroxyl groups excluding tert-OH is 1. The van der Waals surface area contributed by atoms with Crippen LogP contribution in [0.3, 0.4) is 0 Å². The van der Waals surface area contributed by atoms with Crippen LogP contribution >= 0.6 is 0 Å². The average Bonchev–Trinajstić information content (AvgIpc) is 3.27. The maximum atomic E-state index is 12.6. The van der Waals surface area contributed by atoms with Crippen molar-refractivity contribution in [3.63, 3.8) is 0 Å². The second-order valence-corrected chi connectivity index (χ2v) is 7.21. The molecule has 2 saturated heterocycles. The van der Waals surface area contributed by atoms with Gasteiger partial charge in [0.05, 0.1) is 6.04 Å². The van der Waals surface area contributed by atoms with E-state index in [-0.39, 0.29) is 11.6 Å². The lowest BCUT2D eigenvalue weighted by atomic mass is 10.0. The molecule has 8 heteroatoms. The van der Waals surface area contributed by atoms with E-state index < -0.39 is 24.7 Å². The molecule has 2 aliphatic heterocycles. The van der Waals surface area contributed by atoms with Crippen molar-refractivity contribution in [3.05, 3.63) is 35.4 Å². The Kier molecular flexibility index (Phi) is 6.98. The number of carbonyl (C=O) groups excluding carboxylic acids is 1. The molecule has 6 nitrogen and oxygen atoms in total. The van der Waals surface area contributed by atoms with Gasteiger partial charge in [0.1, 0.15) is 12.2 Å². The van der Waals surface area contributed by atoms with Gasteiger partial charge < -0.3 is 25.8 Å². The van der Waals surface area contributed by atoms with Crippen molar-refractivity contribution in [2.75, 3.05) is 19.6 Å². The number of β-amino-alcohol motifs (C(OH)–C–C–N with tert-alkyl or cyclic N) is 1. The maximum absolute atomic E-state index is 12.6. The number of alkyl halides is 2. The highest BCUT2D eigenvalue weighted by atomic mass is 19.3. The Labute approximate surface area is 157 Å². The third-order valence-electron chi connectivity index (χ3n) is 5.22. The van der Waals surface area contributed by atoms with Gasteiger partial charge in [-0.1, -0.05) is 24.3 Å². The van der Waals surface area contributed by atoms with Crippen molar-refractivity contribution in [2.24, 2.45) is 0 Å². The van der Waals surface area contributed by atoms with E-state index in [1.807, 2.05) is 0 Å². The molecule has 4 N–H and O–H groups in total. The molecular weight excluding hydrogens is 356 g/mol. The minimum atomic E-state index is -2.50. The average molecular weight is 383 g/mol. The van der Waals surface area contributed by atoms with Crippen LogP contribution in [0, 0.1) is 0 Å². The number of benzene rings is 1. The highest BCUT2D eigenvalue weighted by Crippen LogP contribution is 2.21. The van der Waals surface area contributed by atoms with Gasteiger partial charge in [-0.3, -0.25) is 0 Å². The number of alkyl carbamates (subject to hydrolysis) is 1. The molecule has 0 unspecified atom stereocenters. The molecule has 0 bridgehead atoms. The number of carbonyl (C=O) groups is 1. The Bertz CT molecular complexity index is 609. The van der Waals surface area contributed by atoms with Crippen molar-refractivity contribution < 1.29 is 23.4 Å². The molecular formula is C19H27F2N3O3. The van der Waals surface area contributed by atoms with Gasteiger partial charge in [0.2, 0.25) is 0 Å². The Hall–Kier alpha value is -1.77. The molecule has 2 aliphatic rings. The number of hydrogen-bond donors (Lipinski definition) is 4. The van der Waals surface area contributed by atoms with E-state index in [1.54, 1.807) is 12.1 Å². The van der Waals surface area contributed by atoms with Crippen molar-refractivity contribution >= 4 is 6.09 Å². The van der Waals surface area contributed by atoms with Gasteiger partial charge in [-0.15, -0.1) is 0 Å². The molecule has 1 amide bonds. The van der Waals surface area contributed by atoms with Gasteiger partial charge in [0.25, 0.3) is 6.43 Å². The Balaban J connectivity index is 1.47. The molecule has 2 fully saturated rings. The predicted octanol–water partition coefficient (Wildman–Crippen LogP) is 1.74. The molecule has 1 aromatic carbocycles. The molecule has 0 saturated carbocycles. The van der Waals surface area contributed by atoms with E-state index in [0.29, 0.717) is 25.6 Å². The smallest absolute Gasteiger partial charge is 0.407 e.